The molecule has 0 spiro atoms. The molecule has 0 aliphatic heterocycles. The molecule has 1 aromatic heterocycles. The number of aliphatic hydroxyl groups excluding tert-OH is 1. The number of halogens is 1. The Hall–Kier alpha value is -0.610. The van der Waals surface area contributed by atoms with Crippen LogP contribution in [-0.4, -0.2) is 22.7 Å². The molecule has 3 nitrogen and oxygen atoms in total. The van der Waals surface area contributed by atoms with Crippen LogP contribution in [0.3, 0.4) is 0 Å². The van der Waals surface area contributed by atoms with Gasteiger partial charge in [-0.25, -0.2) is 4.98 Å². The van der Waals surface area contributed by atoms with Crippen LogP contribution in [0.4, 0.5) is 5.82 Å². The lowest BCUT2D eigenvalue weighted by atomic mass is 10.3. The third-order valence-electron chi connectivity index (χ3n) is 1.63. The first-order chi connectivity index (χ1) is 6.09. The fourth-order valence-corrected chi connectivity index (χ4v) is 1.11. The predicted octanol–water partition coefficient (Wildman–Crippen LogP) is 1.95. The molecule has 0 unspecified atom stereocenters. The van der Waals surface area contributed by atoms with Gasteiger partial charge >= 0.3 is 0 Å². The summed E-state index contributed by atoms with van der Waals surface area (Å²) in [5.74, 6) is 0.793. The molecule has 0 saturated heterocycles. The third-order valence-corrected chi connectivity index (χ3v) is 2.46. The highest BCUT2D eigenvalue weighted by molar-refractivity contribution is 9.10. The number of pyridine rings is 1. The molecular weight excluding hydrogens is 232 g/mol. The van der Waals surface area contributed by atoms with E-state index >= 15 is 0 Å². The van der Waals surface area contributed by atoms with E-state index in [0.717, 1.165) is 15.9 Å². The lowest BCUT2D eigenvalue weighted by Gasteiger charge is -2.08. The van der Waals surface area contributed by atoms with Crippen LogP contribution in [0.5, 0.6) is 0 Å². The molecule has 0 aliphatic rings. The van der Waals surface area contributed by atoms with E-state index in [1.807, 2.05) is 13.0 Å². The highest BCUT2D eigenvalue weighted by Gasteiger charge is 1.99. The first-order valence-corrected chi connectivity index (χ1v) is 4.93. The van der Waals surface area contributed by atoms with Gasteiger partial charge in [0.15, 0.2) is 0 Å². The Morgan fingerprint density at radius 3 is 2.92 bits per heavy atom. The molecule has 13 heavy (non-hydrogen) atoms. The van der Waals surface area contributed by atoms with Gasteiger partial charge in [-0.15, -0.1) is 0 Å². The summed E-state index contributed by atoms with van der Waals surface area (Å²) in [4.78, 5) is 4.14. The number of rotatable bonds is 3. The van der Waals surface area contributed by atoms with Crippen molar-refractivity contribution in [3.05, 3.63) is 22.3 Å². The summed E-state index contributed by atoms with van der Waals surface area (Å²) < 4.78 is 0.995. The fraction of sp³-hybridized carbons (Fsp3) is 0.444. The summed E-state index contributed by atoms with van der Waals surface area (Å²) >= 11 is 3.37. The Morgan fingerprint density at radius 1 is 1.69 bits per heavy atom. The number of aromatic nitrogens is 1. The molecule has 0 saturated carbocycles. The molecule has 1 heterocycles. The summed E-state index contributed by atoms with van der Waals surface area (Å²) in [6.45, 7) is 4.26. The van der Waals surface area contributed by atoms with Crippen molar-refractivity contribution < 1.29 is 5.11 Å². The maximum absolute atomic E-state index is 9.04. The number of hydrogen-bond acceptors (Lipinski definition) is 3. The van der Waals surface area contributed by atoms with E-state index in [9.17, 15) is 0 Å². The largest absolute Gasteiger partial charge is 0.392 e. The summed E-state index contributed by atoms with van der Waals surface area (Å²) in [6, 6.07) is 1.94. The normalized spacial score (nSPS) is 12.6. The van der Waals surface area contributed by atoms with Gasteiger partial charge in [0.2, 0.25) is 0 Å². The fourth-order valence-electron chi connectivity index (χ4n) is 0.888. The van der Waals surface area contributed by atoms with Crippen LogP contribution in [0.1, 0.15) is 12.5 Å². The molecule has 0 bridgehead atoms. The number of aliphatic hydroxyl groups is 1. The first-order valence-electron chi connectivity index (χ1n) is 4.13. The Bertz CT molecular complexity index is 289. The lowest BCUT2D eigenvalue weighted by Crippen LogP contribution is -2.15. The summed E-state index contributed by atoms with van der Waals surface area (Å²) in [5, 5.41) is 12.1. The molecule has 1 rings (SSSR count). The molecule has 0 aliphatic carbocycles. The van der Waals surface area contributed by atoms with Crippen molar-refractivity contribution in [3.63, 3.8) is 0 Å². The zero-order valence-electron chi connectivity index (χ0n) is 7.71. The van der Waals surface area contributed by atoms with E-state index in [0.29, 0.717) is 6.54 Å². The molecule has 72 valence electrons. The van der Waals surface area contributed by atoms with E-state index in [1.54, 1.807) is 13.1 Å². The maximum atomic E-state index is 9.04. The molecule has 1 aromatic rings. The van der Waals surface area contributed by atoms with Crippen LogP contribution in [0, 0.1) is 6.92 Å². The van der Waals surface area contributed by atoms with Crippen molar-refractivity contribution in [2.75, 3.05) is 11.9 Å². The van der Waals surface area contributed by atoms with Gasteiger partial charge in [0, 0.05) is 17.2 Å². The van der Waals surface area contributed by atoms with Gasteiger partial charge in [-0.05, 0) is 41.4 Å². The standard InChI is InChI=1S/C9H13BrN2O/c1-6-3-9(11-4-7(2)13)12-5-8(6)10/h3,5,7,13H,4H2,1-2H3,(H,11,12)/t7-/m0/s1. The Balaban J connectivity index is 2.63. The van der Waals surface area contributed by atoms with Crippen molar-refractivity contribution in [1.82, 2.24) is 4.98 Å². The van der Waals surface area contributed by atoms with Crippen LogP contribution in [0.15, 0.2) is 16.7 Å². The van der Waals surface area contributed by atoms with Crippen molar-refractivity contribution in [2.24, 2.45) is 0 Å². The topological polar surface area (TPSA) is 45.1 Å². The zero-order valence-corrected chi connectivity index (χ0v) is 9.30. The smallest absolute Gasteiger partial charge is 0.126 e. The Kier molecular flexibility index (Phi) is 3.69. The van der Waals surface area contributed by atoms with Gasteiger partial charge in [-0.1, -0.05) is 0 Å². The average molecular weight is 245 g/mol. The number of nitrogens with zero attached hydrogens (tertiary/aromatic N) is 1. The van der Waals surface area contributed by atoms with E-state index in [1.165, 1.54) is 0 Å². The Labute approximate surface area is 86.3 Å². The van der Waals surface area contributed by atoms with Crippen LogP contribution >= 0.6 is 15.9 Å². The summed E-state index contributed by atoms with van der Waals surface area (Å²) in [6.07, 6.45) is 1.39. The van der Waals surface area contributed by atoms with Gasteiger partial charge in [-0.2, -0.15) is 0 Å². The van der Waals surface area contributed by atoms with Crippen molar-refractivity contribution in [3.8, 4) is 0 Å². The van der Waals surface area contributed by atoms with Crippen molar-refractivity contribution in [2.45, 2.75) is 20.0 Å². The number of nitrogens with one attached hydrogen (secondary N) is 1. The number of aryl methyl sites for hydroxylation is 1. The minimum absolute atomic E-state index is 0.356. The van der Waals surface area contributed by atoms with E-state index in [4.69, 9.17) is 5.11 Å². The monoisotopic (exact) mass is 244 g/mol. The minimum atomic E-state index is -0.356. The van der Waals surface area contributed by atoms with Gasteiger partial charge in [0.25, 0.3) is 0 Å². The first kappa shape index (κ1) is 10.5. The molecule has 1 atom stereocenters. The maximum Gasteiger partial charge on any atom is 0.126 e. The Morgan fingerprint density at radius 2 is 2.38 bits per heavy atom. The molecule has 0 aromatic carbocycles. The number of anilines is 1. The van der Waals surface area contributed by atoms with Crippen LogP contribution in [-0.2, 0) is 0 Å². The average Bonchev–Trinajstić information content (AvgIpc) is 2.07. The zero-order chi connectivity index (χ0) is 9.84. The highest BCUT2D eigenvalue weighted by Crippen LogP contribution is 2.16. The highest BCUT2D eigenvalue weighted by atomic mass is 79.9. The van der Waals surface area contributed by atoms with Crippen LogP contribution in [0.25, 0.3) is 0 Å². The molecule has 0 fully saturated rings. The quantitative estimate of drug-likeness (QED) is 0.855. The molecule has 0 radical (unpaired) electrons. The van der Waals surface area contributed by atoms with Gasteiger partial charge in [0.1, 0.15) is 5.82 Å². The SMILES string of the molecule is Cc1cc(NC[C@H](C)O)ncc1Br. The van der Waals surface area contributed by atoms with Crippen LogP contribution < -0.4 is 5.32 Å². The third kappa shape index (κ3) is 3.32. The van der Waals surface area contributed by atoms with Crippen molar-refractivity contribution in [1.29, 1.82) is 0 Å². The van der Waals surface area contributed by atoms with Gasteiger partial charge < -0.3 is 10.4 Å². The number of hydrogen-bond donors (Lipinski definition) is 2. The molecular formula is C9H13BrN2O. The summed E-state index contributed by atoms with van der Waals surface area (Å²) in [7, 11) is 0. The second kappa shape index (κ2) is 4.58. The minimum Gasteiger partial charge on any atom is -0.392 e. The predicted molar refractivity (Wildman–Crippen MR) is 56.8 cm³/mol. The van der Waals surface area contributed by atoms with Crippen LogP contribution in [0.2, 0.25) is 0 Å². The molecule has 0 amide bonds. The second-order valence-electron chi connectivity index (χ2n) is 3.05. The van der Waals surface area contributed by atoms with E-state index in [2.05, 4.69) is 26.2 Å². The lowest BCUT2D eigenvalue weighted by molar-refractivity contribution is 0.208. The van der Waals surface area contributed by atoms with Gasteiger partial charge in [0.05, 0.1) is 6.10 Å². The molecule has 2 N–H and O–H groups in total. The second-order valence-corrected chi connectivity index (χ2v) is 3.90. The van der Waals surface area contributed by atoms with Crippen molar-refractivity contribution >= 4 is 21.7 Å². The summed E-state index contributed by atoms with van der Waals surface area (Å²) in [5.41, 5.74) is 1.13. The molecule has 4 heteroatoms. The van der Waals surface area contributed by atoms with E-state index in [-0.39, 0.29) is 6.10 Å². The van der Waals surface area contributed by atoms with Gasteiger partial charge in [-0.3, -0.25) is 0 Å². The van der Waals surface area contributed by atoms with E-state index < -0.39 is 0 Å².